The van der Waals surface area contributed by atoms with Crippen molar-refractivity contribution in [2.24, 2.45) is 0 Å². The molecule has 1 saturated carbocycles. The van der Waals surface area contributed by atoms with E-state index in [4.69, 9.17) is 16.7 Å². The molecule has 2 aromatic heterocycles. The van der Waals surface area contributed by atoms with Crippen LogP contribution in [0, 0.1) is 0 Å². The summed E-state index contributed by atoms with van der Waals surface area (Å²) >= 11 is 6.30. The number of nitrogens with zero attached hydrogens (tertiary/aromatic N) is 4. The Morgan fingerprint density at radius 3 is 2.53 bits per heavy atom. The van der Waals surface area contributed by atoms with Crippen LogP contribution in [-0.4, -0.2) is 69.5 Å². The quantitative estimate of drug-likeness (QED) is 0.638. The minimum absolute atomic E-state index is 0.188. The largest absolute Gasteiger partial charge is 0.465 e. The van der Waals surface area contributed by atoms with Crippen LogP contribution in [0.3, 0.4) is 0 Å². The number of aromatic nitrogens is 2. The number of anilines is 2. The van der Waals surface area contributed by atoms with Crippen LogP contribution in [0.25, 0.3) is 11.3 Å². The van der Waals surface area contributed by atoms with Gasteiger partial charge in [0.2, 0.25) is 0 Å². The number of nitrogens with one attached hydrogen (secondary N) is 1. The van der Waals surface area contributed by atoms with Crippen LogP contribution < -0.4 is 10.2 Å². The molecule has 160 valence electrons. The van der Waals surface area contributed by atoms with Crippen molar-refractivity contribution in [3.8, 4) is 11.3 Å². The maximum Gasteiger partial charge on any atom is 0.407 e. The molecule has 1 aliphatic heterocycles. The molecule has 2 aliphatic rings. The molecule has 1 saturated heterocycles. The van der Waals surface area contributed by atoms with Gasteiger partial charge in [-0.05, 0) is 49.9 Å². The second kappa shape index (κ2) is 9.06. The van der Waals surface area contributed by atoms with Gasteiger partial charge >= 0.3 is 6.09 Å². The third kappa shape index (κ3) is 4.94. The lowest BCUT2D eigenvalue weighted by Gasteiger charge is -2.33. The van der Waals surface area contributed by atoms with Gasteiger partial charge in [0, 0.05) is 49.7 Å². The first kappa shape index (κ1) is 20.7. The molecule has 2 fully saturated rings. The van der Waals surface area contributed by atoms with E-state index < -0.39 is 6.09 Å². The van der Waals surface area contributed by atoms with Crippen molar-refractivity contribution < 1.29 is 15.0 Å². The van der Waals surface area contributed by atoms with Crippen LogP contribution in [0.5, 0.6) is 0 Å². The summed E-state index contributed by atoms with van der Waals surface area (Å²) in [5.41, 5.74) is 2.58. The molecule has 1 amide bonds. The van der Waals surface area contributed by atoms with E-state index in [1.165, 1.54) is 4.90 Å². The number of aliphatic hydroxyl groups is 1. The zero-order chi connectivity index (χ0) is 21.1. The average Bonchev–Trinajstić information content (AvgIpc) is 2.75. The summed E-state index contributed by atoms with van der Waals surface area (Å²) in [6, 6.07) is 7.99. The lowest BCUT2D eigenvalue weighted by atomic mass is 9.93. The zero-order valence-corrected chi connectivity index (χ0v) is 17.4. The van der Waals surface area contributed by atoms with E-state index in [2.05, 4.69) is 20.2 Å². The summed E-state index contributed by atoms with van der Waals surface area (Å²) in [5, 5.41) is 22.8. The Morgan fingerprint density at radius 2 is 1.83 bits per heavy atom. The van der Waals surface area contributed by atoms with E-state index in [-0.39, 0.29) is 6.10 Å². The molecule has 0 unspecified atom stereocenters. The van der Waals surface area contributed by atoms with Gasteiger partial charge < -0.3 is 25.3 Å². The number of pyridine rings is 2. The monoisotopic (exact) mass is 431 g/mol. The highest BCUT2D eigenvalue weighted by atomic mass is 35.5. The molecule has 0 bridgehead atoms. The van der Waals surface area contributed by atoms with Gasteiger partial charge in [-0.15, -0.1) is 0 Å². The Balaban J connectivity index is 1.49. The van der Waals surface area contributed by atoms with Crippen molar-refractivity contribution in [1.29, 1.82) is 0 Å². The van der Waals surface area contributed by atoms with Crippen LogP contribution in [0.15, 0.2) is 30.5 Å². The number of hydrogen-bond acceptors (Lipinski definition) is 6. The molecule has 1 aliphatic carbocycles. The van der Waals surface area contributed by atoms with Crippen molar-refractivity contribution in [3.63, 3.8) is 0 Å². The lowest BCUT2D eigenvalue weighted by Crippen LogP contribution is -2.48. The fourth-order valence-corrected chi connectivity index (χ4v) is 4.27. The normalized spacial score (nSPS) is 22.1. The van der Waals surface area contributed by atoms with Crippen LogP contribution >= 0.6 is 11.6 Å². The van der Waals surface area contributed by atoms with Crippen molar-refractivity contribution in [2.75, 3.05) is 36.4 Å². The molecule has 2 aromatic rings. The predicted octanol–water partition coefficient (Wildman–Crippen LogP) is 3.31. The topological polar surface area (TPSA) is 102 Å². The number of hydrogen-bond donors (Lipinski definition) is 3. The Hall–Kier alpha value is -2.58. The molecule has 4 rings (SSSR count). The second-order valence-corrected chi connectivity index (χ2v) is 8.26. The highest BCUT2D eigenvalue weighted by Gasteiger charge is 2.22. The standard InChI is InChI=1S/C21H26ClN5O3/c22-19-13-16(24-15-1-3-17(28)4-2-15)12-18(25-19)14-5-6-23-20(11-14)26-7-9-27(10-8-26)21(29)30/h5-6,11-13,15,17,28H,1-4,7-10H2,(H,24,25)(H,29,30)/t15-,17-. The fraction of sp³-hybridized carbons (Fsp3) is 0.476. The molecule has 9 heteroatoms. The maximum absolute atomic E-state index is 11.1. The average molecular weight is 432 g/mol. The molecule has 0 aromatic carbocycles. The van der Waals surface area contributed by atoms with Crippen molar-refractivity contribution in [3.05, 3.63) is 35.6 Å². The molecule has 8 nitrogen and oxygen atoms in total. The zero-order valence-electron chi connectivity index (χ0n) is 16.7. The van der Waals surface area contributed by atoms with E-state index >= 15 is 0 Å². The van der Waals surface area contributed by atoms with Crippen molar-refractivity contribution in [1.82, 2.24) is 14.9 Å². The van der Waals surface area contributed by atoms with Gasteiger partial charge in [-0.1, -0.05) is 11.6 Å². The van der Waals surface area contributed by atoms with Gasteiger partial charge in [-0.2, -0.15) is 0 Å². The minimum atomic E-state index is -0.882. The molecule has 0 spiro atoms. The van der Waals surface area contributed by atoms with Crippen molar-refractivity contribution >= 4 is 29.2 Å². The first-order chi connectivity index (χ1) is 14.5. The molecular weight excluding hydrogens is 406 g/mol. The summed E-state index contributed by atoms with van der Waals surface area (Å²) in [6.45, 7) is 2.12. The first-order valence-electron chi connectivity index (χ1n) is 10.3. The lowest BCUT2D eigenvalue weighted by molar-refractivity contribution is 0.126. The van der Waals surface area contributed by atoms with Gasteiger partial charge in [0.15, 0.2) is 0 Å². The number of halogens is 1. The summed E-state index contributed by atoms with van der Waals surface area (Å²) in [5.74, 6) is 0.801. The van der Waals surface area contributed by atoms with Gasteiger partial charge in [0.1, 0.15) is 11.0 Å². The Bertz CT molecular complexity index is 896. The number of amides is 1. The molecule has 0 atom stereocenters. The molecule has 3 N–H and O–H groups in total. The molecule has 3 heterocycles. The van der Waals surface area contributed by atoms with E-state index in [1.54, 1.807) is 6.20 Å². The van der Waals surface area contributed by atoms with E-state index in [1.807, 2.05) is 24.3 Å². The molecule has 30 heavy (non-hydrogen) atoms. The number of carbonyl (C=O) groups is 1. The smallest absolute Gasteiger partial charge is 0.407 e. The van der Waals surface area contributed by atoms with Gasteiger partial charge in [-0.25, -0.2) is 14.8 Å². The number of carboxylic acid groups (broad SMARTS) is 1. The highest BCUT2D eigenvalue weighted by Crippen LogP contribution is 2.29. The Kier molecular flexibility index (Phi) is 6.24. The van der Waals surface area contributed by atoms with Gasteiger partial charge in [0.25, 0.3) is 0 Å². The fourth-order valence-electron chi connectivity index (χ4n) is 4.06. The van der Waals surface area contributed by atoms with Crippen LogP contribution in [0.1, 0.15) is 25.7 Å². The van der Waals surface area contributed by atoms with Gasteiger partial charge in [-0.3, -0.25) is 0 Å². The number of rotatable bonds is 4. The van der Waals surface area contributed by atoms with E-state index in [0.717, 1.165) is 48.4 Å². The third-order valence-corrected chi connectivity index (χ3v) is 5.97. The SMILES string of the molecule is O=C(O)N1CCN(c2cc(-c3cc(N[C@H]4CC[C@H](O)CC4)cc(Cl)n3)ccn2)CC1. The minimum Gasteiger partial charge on any atom is -0.465 e. The Morgan fingerprint density at radius 1 is 1.10 bits per heavy atom. The number of aliphatic hydroxyl groups excluding tert-OH is 1. The number of piperazine rings is 1. The first-order valence-corrected chi connectivity index (χ1v) is 10.7. The molecule has 0 radical (unpaired) electrons. The summed E-state index contributed by atoms with van der Waals surface area (Å²) in [4.78, 5) is 23.6. The summed E-state index contributed by atoms with van der Waals surface area (Å²) in [6.07, 6.45) is 4.15. The van der Waals surface area contributed by atoms with E-state index in [9.17, 15) is 9.90 Å². The van der Waals surface area contributed by atoms with Crippen molar-refractivity contribution in [2.45, 2.75) is 37.8 Å². The van der Waals surface area contributed by atoms with Crippen LogP contribution in [-0.2, 0) is 0 Å². The van der Waals surface area contributed by atoms with Gasteiger partial charge in [0.05, 0.1) is 11.8 Å². The summed E-state index contributed by atoms with van der Waals surface area (Å²) in [7, 11) is 0. The molecular formula is C21H26ClN5O3. The maximum atomic E-state index is 11.1. The van der Waals surface area contributed by atoms with E-state index in [0.29, 0.717) is 37.4 Å². The Labute approximate surface area is 180 Å². The summed E-state index contributed by atoms with van der Waals surface area (Å²) < 4.78 is 0. The predicted molar refractivity (Wildman–Crippen MR) is 116 cm³/mol. The third-order valence-electron chi connectivity index (χ3n) is 5.78. The van der Waals surface area contributed by atoms with Crippen LogP contribution in [0.4, 0.5) is 16.3 Å². The highest BCUT2D eigenvalue weighted by molar-refractivity contribution is 6.29. The van der Waals surface area contributed by atoms with Crippen LogP contribution in [0.2, 0.25) is 5.15 Å². The second-order valence-electron chi connectivity index (χ2n) is 7.87.